The van der Waals surface area contributed by atoms with E-state index in [9.17, 15) is 4.79 Å². The number of carbonyl (C=O) groups is 1. The maximum Gasteiger partial charge on any atom is 0.237 e. The minimum atomic E-state index is 0.271. The molecule has 138 valence electrons. The Kier molecular flexibility index (Phi) is 5.08. The third-order valence-corrected chi connectivity index (χ3v) is 6.05. The van der Waals surface area contributed by atoms with Gasteiger partial charge < -0.3 is 9.64 Å². The summed E-state index contributed by atoms with van der Waals surface area (Å²) in [5, 5.41) is 4.41. The van der Waals surface area contributed by atoms with Crippen LogP contribution < -0.4 is 0 Å². The Morgan fingerprint density at radius 3 is 2.96 bits per heavy atom. The SMILES string of the molecule is Cc1cnn(C[C@@H]2CCCN2CC(=O)N2CCO[C@H]3CCCC[C@@H]32)c1. The number of aromatic nitrogens is 2. The van der Waals surface area contributed by atoms with E-state index in [1.807, 2.05) is 10.9 Å². The molecule has 3 fully saturated rings. The van der Waals surface area contributed by atoms with Crippen LogP contribution in [0, 0.1) is 6.92 Å². The molecule has 0 radical (unpaired) electrons. The molecule has 6 nitrogen and oxygen atoms in total. The van der Waals surface area contributed by atoms with E-state index in [4.69, 9.17) is 4.74 Å². The van der Waals surface area contributed by atoms with Crippen molar-refractivity contribution in [3.05, 3.63) is 18.0 Å². The Bertz CT molecular complexity index is 600. The Morgan fingerprint density at radius 1 is 1.24 bits per heavy atom. The van der Waals surface area contributed by atoms with Crippen LogP contribution in [0.15, 0.2) is 12.4 Å². The first kappa shape index (κ1) is 17.0. The average Bonchev–Trinajstić information content (AvgIpc) is 3.23. The molecule has 3 heterocycles. The maximum absolute atomic E-state index is 13.0. The van der Waals surface area contributed by atoms with Gasteiger partial charge in [0.25, 0.3) is 0 Å². The highest BCUT2D eigenvalue weighted by atomic mass is 16.5. The zero-order valence-electron chi connectivity index (χ0n) is 15.3. The van der Waals surface area contributed by atoms with Crippen molar-refractivity contribution in [2.75, 3.05) is 26.2 Å². The van der Waals surface area contributed by atoms with Crippen LogP contribution in [0.2, 0.25) is 0 Å². The number of nitrogens with zero attached hydrogens (tertiary/aromatic N) is 4. The molecule has 1 saturated carbocycles. The van der Waals surface area contributed by atoms with Crippen molar-refractivity contribution in [3.8, 4) is 0 Å². The molecule has 1 aromatic rings. The average molecular weight is 346 g/mol. The molecule has 1 aliphatic carbocycles. The third kappa shape index (κ3) is 3.75. The molecule has 25 heavy (non-hydrogen) atoms. The van der Waals surface area contributed by atoms with E-state index in [0.717, 1.165) is 38.9 Å². The number of hydrogen-bond acceptors (Lipinski definition) is 4. The Hall–Kier alpha value is -1.40. The quantitative estimate of drug-likeness (QED) is 0.835. The number of carbonyl (C=O) groups excluding carboxylic acids is 1. The largest absolute Gasteiger partial charge is 0.374 e. The minimum absolute atomic E-state index is 0.271. The monoisotopic (exact) mass is 346 g/mol. The molecule has 3 atom stereocenters. The van der Waals surface area contributed by atoms with Gasteiger partial charge in [-0.05, 0) is 44.7 Å². The number of likely N-dealkylation sites (tertiary alicyclic amines) is 1. The molecule has 0 bridgehead atoms. The van der Waals surface area contributed by atoms with Crippen LogP contribution in [0.25, 0.3) is 0 Å². The lowest BCUT2D eigenvalue weighted by Crippen LogP contribution is -2.57. The molecule has 0 N–H and O–H groups in total. The molecular weight excluding hydrogens is 316 g/mol. The van der Waals surface area contributed by atoms with E-state index in [1.165, 1.54) is 24.8 Å². The van der Waals surface area contributed by atoms with Gasteiger partial charge in [-0.3, -0.25) is 14.4 Å². The summed E-state index contributed by atoms with van der Waals surface area (Å²) >= 11 is 0. The highest BCUT2D eigenvalue weighted by molar-refractivity contribution is 5.79. The van der Waals surface area contributed by atoms with Crippen molar-refractivity contribution in [1.29, 1.82) is 0 Å². The molecule has 1 aromatic heterocycles. The lowest BCUT2D eigenvalue weighted by molar-refractivity contribution is -0.150. The number of ether oxygens (including phenoxy) is 1. The predicted octanol–water partition coefficient (Wildman–Crippen LogP) is 1.83. The lowest BCUT2D eigenvalue weighted by atomic mass is 9.90. The predicted molar refractivity (Wildman–Crippen MR) is 95.3 cm³/mol. The maximum atomic E-state index is 13.0. The molecule has 3 aliphatic rings. The molecule has 6 heteroatoms. The van der Waals surface area contributed by atoms with Crippen molar-refractivity contribution in [2.45, 2.75) is 70.2 Å². The van der Waals surface area contributed by atoms with E-state index in [1.54, 1.807) is 0 Å². The number of morpholine rings is 1. The second-order valence-corrected chi connectivity index (χ2v) is 7.85. The third-order valence-electron chi connectivity index (χ3n) is 6.05. The van der Waals surface area contributed by atoms with Crippen LogP contribution in [0.5, 0.6) is 0 Å². The van der Waals surface area contributed by atoms with Crippen LogP contribution in [0.1, 0.15) is 44.1 Å². The van der Waals surface area contributed by atoms with Gasteiger partial charge in [-0.2, -0.15) is 5.10 Å². The topological polar surface area (TPSA) is 50.6 Å². The number of hydrogen-bond donors (Lipinski definition) is 0. The summed E-state index contributed by atoms with van der Waals surface area (Å²) in [6.45, 7) is 5.98. The van der Waals surface area contributed by atoms with Gasteiger partial charge in [0.05, 0.1) is 38.0 Å². The van der Waals surface area contributed by atoms with Crippen molar-refractivity contribution in [2.24, 2.45) is 0 Å². The van der Waals surface area contributed by atoms with Crippen LogP contribution in [0.3, 0.4) is 0 Å². The van der Waals surface area contributed by atoms with Gasteiger partial charge in [-0.15, -0.1) is 0 Å². The van der Waals surface area contributed by atoms with Crippen LogP contribution in [-0.4, -0.2) is 69.9 Å². The van der Waals surface area contributed by atoms with Crippen molar-refractivity contribution >= 4 is 5.91 Å². The molecule has 0 aromatic carbocycles. The van der Waals surface area contributed by atoms with E-state index in [0.29, 0.717) is 31.1 Å². The minimum Gasteiger partial charge on any atom is -0.374 e. The van der Waals surface area contributed by atoms with E-state index in [-0.39, 0.29) is 6.10 Å². The summed E-state index contributed by atoms with van der Waals surface area (Å²) in [4.78, 5) is 17.5. The smallest absolute Gasteiger partial charge is 0.237 e. The van der Waals surface area contributed by atoms with E-state index < -0.39 is 0 Å². The Morgan fingerprint density at radius 2 is 2.12 bits per heavy atom. The van der Waals surface area contributed by atoms with Gasteiger partial charge in [-0.25, -0.2) is 0 Å². The number of fused-ring (bicyclic) bond motifs is 1. The van der Waals surface area contributed by atoms with Crippen LogP contribution >= 0.6 is 0 Å². The summed E-state index contributed by atoms with van der Waals surface area (Å²) in [7, 11) is 0. The Labute approximate surface area is 150 Å². The molecule has 2 saturated heterocycles. The van der Waals surface area contributed by atoms with E-state index >= 15 is 0 Å². The van der Waals surface area contributed by atoms with E-state index in [2.05, 4.69) is 28.0 Å². The Balaban J connectivity index is 1.37. The number of amides is 1. The summed E-state index contributed by atoms with van der Waals surface area (Å²) in [6.07, 6.45) is 11.3. The van der Waals surface area contributed by atoms with Gasteiger partial charge in [0.15, 0.2) is 0 Å². The van der Waals surface area contributed by atoms with Crippen molar-refractivity contribution in [3.63, 3.8) is 0 Å². The molecule has 0 spiro atoms. The molecular formula is C19H30N4O2. The van der Waals surface area contributed by atoms with Crippen LogP contribution in [-0.2, 0) is 16.1 Å². The zero-order chi connectivity index (χ0) is 17.2. The van der Waals surface area contributed by atoms with Crippen LogP contribution in [0.4, 0.5) is 0 Å². The zero-order valence-corrected chi connectivity index (χ0v) is 15.3. The first-order chi connectivity index (χ1) is 12.2. The molecule has 0 unspecified atom stereocenters. The highest BCUT2D eigenvalue weighted by Crippen LogP contribution is 2.29. The van der Waals surface area contributed by atoms with Crippen molar-refractivity contribution < 1.29 is 9.53 Å². The summed E-state index contributed by atoms with van der Waals surface area (Å²) in [5.74, 6) is 0.295. The molecule has 2 aliphatic heterocycles. The first-order valence-electron chi connectivity index (χ1n) is 9.85. The summed E-state index contributed by atoms with van der Waals surface area (Å²) in [6, 6.07) is 0.733. The van der Waals surface area contributed by atoms with Gasteiger partial charge in [0.2, 0.25) is 5.91 Å². The van der Waals surface area contributed by atoms with Gasteiger partial charge in [-0.1, -0.05) is 12.8 Å². The normalized spacial score (nSPS) is 30.4. The fraction of sp³-hybridized carbons (Fsp3) is 0.789. The van der Waals surface area contributed by atoms with Gasteiger partial charge in [0.1, 0.15) is 0 Å². The highest BCUT2D eigenvalue weighted by Gasteiger charge is 2.38. The second-order valence-electron chi connectivity index (χ2n) is 7.85. The summed E-state index contributed by atoms with van der Waals surface area (Å²) < 4.78 is 7.94. The fourth-order valence-electron chi connectivity index (χ4n) is 4.76. The first-order valence-corrected chi connectivity index (χ1v) is 9.85. The molecule has 1 amide bonds. The summed E-state index contributed by atoms with van der Waals surface area (Å²) in [5.41, 5.74) is 1.19. The lowest BCUT2D eigenvalue weighted by Gasteiger charge is -2.44. The number of rotatable bonds is 4. The fourth-order valence-corrected chi connectivity index (χ4v) is 4.76. The molecule has 4 rings (SSSR count). The standard InChI is InChI=1S/C19H30N4O2/c1-15-11-20-22(12-15)13-16-5-4-8-21(16)14-19(24)23-9-10-25-18-7-3-2-6-17(18)23/h11-12,16-18H,2-10,13-14H2,1H3/t16-,17-,18-/m0/s1. The van der Waals surface area contributed by atoms with Crippen molar-refractivity contribution in [1.82, 2.24) is 19.6 Å². The second kappa shape index (κ2) is 7.46. The van der Waals surface area contributed by atoms with Gasteiger partial charge >= 0.3 is 0 Å². The van der Waals surface area contributed by atoms with Gasteiger partial charge in [0, 0.05) is 18.8 Å². The number of aryl methyl sites for hydroxylation is 1.